The largest absolute Gasteiger partial charge is 0.382 e. The second-order valence-corrected chi connectivity index (χ2v) is 4.08. The number of hydrazine groups is 1. The molecule has 0 aromatic heterocycles. The van der Waals surface area contributed by atoms with E-state index in [9.17, 15) is 0 Å². The lowest BCUT2D eigenvalue weighted by Gasteiger charge is -2.08. The van der Waals surface area contributed by atoms with Gasteiger partial charge in [-0.25, -0.2) is 5.84 Å². The quantitative estimate of drug-likeness (QED) is 0.187. The highest BCUT2D eigenvalue weighted by atomic mass is 16.5. The van der Waals surface area contributed by atoms with E-state index in [2.05, 4.69) is 15.7 Å². The van der Waals surface area contributed by atoms with E-state index in [4.69, 9.17) is 10.6 Å². The van der Waals surface area contributed by atoms with Crippen LogP contribution in [0.25, 0.3) is 0 Å². The first kappa shape index (κ1) is 13.3. The van der Waals surface area contributed by atoms with Gasteiger partial charge in [-0.2, -0.15) is 0 Å². The fourth-order valence-corrected chi connectivity index (χ4v) is 1.46. The molecule has 1 aliphatic carbocycles. The molecule has 0 aromatic rings. The smallest absolute Gasteiger partial charge is 0.205 e. The molecule has 0 saturated heterocycles. The summed E-state index contributed by atoms with van der Waals surface area (Å²) in [6, 6.07) is 0. The molecule has 1 rings (SSSR count). The van der Waals surface area contributed by atoms with Crippen molar-refractivity contribution in [3.8, 4) is 0 Å². The van der Waals surface area contributed by atoms with E-state index in [-0.39, 0.29) is 0 Å². The molecule has 1 saturated carbocycles. The third kappa shape index (κ3) is 6.63. The van der Waals surface area contributed by atoms with Crippen LogP contribution < -0.4 is 16.6 Å². The average molecular weight is 228 g/mol. The number of nitrogens with zero attached hydrogens (tertiary/aromatic N) is 1. The summed E-state index contributed by atoms with van der Waals surface area (Å²) in [6.07, 6.45) is 4.93. The van der Waals surface area contributed by atoms with E-state index in [0.29, 0.717) is 5.96 Å². The third-order valence-corrected chi connectivity index (χ3v) is 2.60. The first-order chi connectivity index (χ1) is 7.86. The molecule has 0 radical (unpaired) electrons. The van der Waals surface area contributed by atoms with Gasteiger partial charge < -0.3 is 10.1 Å². The molecule has 5 nitrogen and oxygen atoms in total. The monoisotopic (exact) mass is 228 g/mol. The average Bonchev–Trinajstić information content (AvgIpc) is 3.10. The second kappa shape index (κ2) is 8.35. The van der Waals surface area contributed by atoms with Crippen LogP contribution in [0.15, 0.2) is 4.99 Å². The Morgan fingerprint density at radius 3 is 2.94 bits per heavy atom. The number of hydrogen-bond donors (Lipinski definition) is 3. The van der Waals surface area contributed by atoms with E-state index in [1.165, 1.54) is 19.3 Å². The van der Waals surface area contributed by atoms with Gasteiger partial charge in [0.15, 0.2) is 0 Å². The Kier molecular flexibility index (Phi) is 6.92. The first-order valence-electron chi connectivity index (χ1n) is 6.19. The van der Waals surface area contributed by atoms with Gasteiger partial charge >= 0.3 is 0 Å². The predicted molar refractivity (Wildman–Crippen MR) is 66.1 cm³/mol. The maximum Gasteiger partial charge on any atom is 0.205 e. The van der Waals surface area contributed by atoms with Crippen LogP contribution in [-0.2, 0) is 4.74 Å². The fraction of sp³-hybridized carbons (Fsp3) is 0.909. The van der Waals surface area contributed by atoms with Gasteiger partial charge in [-0.1, -0.05) is 12.8 Å². The van der Waals surface area contributed by atoms with Gasteiger partial charge in [-0.05, 0) is 25.7 Å². The van der Waals surface area contributed by atoms with Crippen LogP contribution in [0, 0.1) is 5.92 Å². The SMILES string of the molecule is CCOCCCN=C(NN)NCCC1CC1. The van der Waals surface area contributed by atoms with Crippen molar-refractivity contribution in [1.29, 1.82) is 0 Å². The summed E-state index contributed by atoms with van der Waals surface area (Å²) in [6.45, 7) is 5.23. The van der Waals surface area contributed by atoms with Gasteiger partial charge in [0.1, 0.15) is 0 Å². The Bertz CT molecular complexity index is 204. The molecule has 94 valence electrons. The van der Waals surface area contributed by atoms with E-state index < -0.39 is 0 Å². The molecule has 0 unspecified atom stereocenters. The van der Waals surface area contributed by atoms with Crippen molar-refractivity contribution in [3.63, 3.8) is 0 Å². The van der Waals surface area contributed by atoms with Crippen molar-refractivity contribution in [2.24, 2.45) is 16.8 Å². The zero-order chi connectivity index (χ0) is 11.6. The van der Waals surface area contributed by atoms with E-state index in [1.54, 1.807) is 0 Å². The highest BCUT2D eigenvalue weighted by molar-refractivity contribution is 5.79. The number of hydrogen-bond acceptors (Lipinski definition) is 3. The van der Waals surface area contributed by atoms with Crippen LogP contribution in [-0.4, -0.2) is 32.3 Å². The summed E-state index contributed by atoms with van der Waals surface area (Å²) >= 11 is 0. The highest BCUT2D eigenvalue weighted by Crippen LogP contribution is 2.31. The number of nitrogens with one attached hydrogen (secondary N) is 2. The molecule has 4 N–H and O–H groups in total. The van der Waals surface area contributed by atoms with Gasteiger partial charge in [0.2, 0.25) is 5.96 Å². The molecule has 0 atom stereocenters. The fourth-order valence-electron chi connectivity index (χ4n) is 1.46. The summed E-state index contributed by atoms with van der Waals surface area (Å²) in [7, 11) is 0. The van der Waals surface area contributed by atoms with E-state index in [0.717, 1.165) is 38.6 Å². The van der Waals surface area contributed by atoms with Crippen molar-refractivity contribution in [1.82, 2.24) is 10.7 Å². The highest BCUT2D eigenvalue weighted by Gasteiger charge is 2.20. The molecule has 0 bridgehead atoms. The minimum absolute atomic E-state index is 0.692. The van der Waals surface area contributed by atoms with Crippen LogP contribution in [0.3, 0.4) is 0 Å². The Morgan fingerprint density at radius 2 is 2.31 bits per heavy atom. The van der Waals surface area contributed by atoms with Gasteiger partial charge in [0.25, 0.3) is 0 Å². The molecule has 1 fully saturated rings. The number of aliphatic imine (C=N–C) groups is 1. The molecule has 0 heterocycles. The summed E-state index contributed by atoms with van der Waals surface area (Å²) in [5, 5.41) is 3.20. The lowest BCUT2D eigenvalue weighted by atomic mass is 10.3. The van der Waals surface area contributed by atoms with Crippen molar-refractivity contribution in [2.45, 2.75) is 32.6 Å². The van der Waals surface area contributed by atoms with Gasteiger partial charge in [0, 0.05) is 26.3 Å². The Morgan fingerprint density at radius 1 is 1.50 bits per heavy atom. The number of nitrogens with two attached hydrogens (primary N) is 1. The first-order valence-corrected chi connectivity index (χ1v) is 6.19. The lowest BCUT2D eigenvalue weighted by molar-refractivity contribution is 0.146. The zero-order valence-electron chi connectivity index (χ0n) is 10.2. The Balaban J connectivity index is 2.00. The minimum atomic E-state index is 0.692. The van der Waals surface area contributed by atoms with Gasteiger partial charge in [0.05, 0.1) is 0 Å². The normalized spacial score (nSPS) is 16.2. The summed E-state index contributed by atoms with van der Waals surface area (Å²) < 4.78 is 5.23. The van der Waals surface area contributed by atoms with Crippen LogP contribution in [0.1, 0.15) is 32.6 Å². The Labute approximate surface area is 97.8 Å². The molecular formula is C11H24N4O. The second-order valence-electron chi connectivity index (χ2n) is 4.08. The van der Waals surface area contributed by atoms with Crippen LogP contribution in [0.2, 0.25) is 0 Å². The summed E-state index contributed by atoms with van der Waals surface area (Å²) in [4.78, 5) is 4.32. The minimum Gasteiger partial charge on any atom is -0.382 e. The molecule has 1 aliphatic rings. The Hall–Kier alpha value is -0.810. The van der Waals surface area contributed by atoms with Gasteiger partial charge in [-0.15, -0.1) is 0 Å². The number of ether oxygens (including phenoxy) is 1. The molecule has 0 aromatic carbocycles. The topological polar surface area (TPSA) is 71.7 Å². The molecular weight excluding hydrogens is 204 g/mol. The number of guanidine groups is 1. The van der Waals surface area contributed by atoms with Crippen LogP contribution in [0.4, 0.5) is 0 Å². The molecule has 16 heavy (non-hydrogen) atoms. The zero-order valence-corrected chi connectivity index (χ0v) is 10.2. The maximum absolute atomic E-state index is 5.37. The predicted octanol–water partition coefficient (Wildman–Crippen LogP) is 0.622. The third-order valence-electron chi connectivity index (χ3n) is 2.60. The number of rotatable bonds is 8. The van der Waals surface area contributed by atoms with Crippen molar-refractivity contribution >= 4 is 5.96 Å². The molecule has 0 amide bonds. The molecule has 0 aliphatic heterocycles. The van der Waals surface area contributed by atoms with E-state index >= 15 is 0 Å². The standard InChI is InChI=1S/C11H24N4O/c1-2-16-9-3-7-13-11(15-12)14-8-6-10-4-5-10/h10H,2-9,12H2,1H3,(H2,13,14,15). The van der Waals surface area contributed by atoms with Gasteiger partial charge in [-0.3, -0.25) is 10.4 Å². The molecule has 5 heteroatoms. The maximum atomic E-state index is 5.37. The lowest BCUT2D eigenvalue weighted by Crippen LogP contribution is -2.42. The van der Waals surface area contributed by atoms with Crippen molar-refractivity contribution in [2.75, 3.05) is 26.3 Å². The molecule has 0 spiro atoms. The van der Waals surface area contributed by atoms with E-state index in [1.807, 2.05) is 6.92 Å². The summed E-state index contributed by atoms with van der Waals surface area (Å²) in [5.41, 5.74) is 2.59. The van der Waals surface area contributed by atoms with Crippen LogP contribution >= 0.6 is 0 Å². The van der Waals surface area contributed by atoms with Crippen LogP contribution in [0.5, 0.6) is 0 Å². The summed E-state index contributed by atoms with van der Waals surface area (Å²) in [5.74, 6) is 7.00. The van der Waals surface area contributed by atoms with Crippen molar-refractivity contribution < 1.29 is 4.74 Å². The van der Waals surface area contributed by atoms with Crippen molar-refractivity contribution in [3.05, 3.63) is 0 Å².